The molecule has 4 nitrogen and oxygen atoms in total. The van der Waals surface area contributed by atoms with Crippen molar-refractivity contribution in [1.29, 1.82) is 0 Å². The van der Waals surface area contributed by atoms with Gasteiger partial charge < -0.3 is 10.3 Å². The molecular formula is C12H16N4. The van der Waals surface area contributed by atoms with Crippen molar-refractivity contribution in [3.05, 3.63) is 42.1 Å². The number of aromatic nitrogens is 3. The van der Waals surface area contributed by atoms with Gasteiger partial charge >= 0.3 is 0 Å². The van der Waals surface area contributed by atoms with Gasteiger partial charge in [0.25, 0.3) is 0 Å². The van der Waals surface area contributed by atoms with Crippen molar-refractivity contribution in [2.45, 2.75) is 26.3 Å². The highest BCUT2D eigenvalue weighted by atomic mass is 15.1. The van der Waals surface area contributed by atoms with Crippen molar-refractivity contribution in [2.24, 2.45) is 0 Å². The SMILES string of the molecule is CCC(Nc1cc(C)ccn1)c1ncc[nH]1. The molecule has 0 bridgehead atoms. The average molecular weight is 216 g/mol. The van der Waals surface area contributed by atoms with Crippen molar-refractivity contribution in [1.82, 2.24) is 15.0 Å². The summed E-state index contributed by atoms with van der Waals surface area (Å²) in [6, 6.07) is 4.20. The van der Waals surface area contributed by atoms with E-state index in [9.17, 15) is 0 Å². The van der Waals surface area contributed by atoms with Crippen LogP contribution in [0.1, 0.15) is 30.8 Å². The zero-order chi connectivity index (χ0) is 11.4. The Hall–Kier alpha value is -1.84. The second-order valence-electron chi connectivity index (χ2n) is 3.80. The minimum Gasteiger partial charge on any atom is -0.360 e. The van der Waals surface area contributed by atoms with Gasteiger partial charge in [-0.2, -0.15) is 0 Å². The Kier molecular flexibility index (Phi) is 3.19. The van der Waals surface area contributed by atoms with E-state index in [-0.39, 0.29) is 6.04 Å². The standard InChI is InChI=1S/C12H16N4/c1-3-10(12-14-6-7-15-12)16-11-8-9(2)4-5-13-11/h4-8,10H,3H2,1-2H3,(H,13,16)(H,14,15). The monoisotopic (exact) mass is 216 g/mol. The molecule has 0 aliphatic rings. The molecule has 2 aromatic heterocycles. The molecule has 84 valence electrons. The Morgan fingerprint density at radius 3 is 2.88 bits per heavy atom. The Labute approximate surface area is 95.1 Å². The second kappa shape index (κ2) is 4.79. The van der Waals surface area contributed by atoms with Crippen LogP contribution in [0.25, 0.3) is 0 Å². The predicted octanol–water partition coefficient (Wildman–Crippen LogP) is 2.68. The number of hydrogen-bond acceptors (Lipinski definition) is 3. The summed E-state index contributed by atoms with van der Waals surface area (Å²) in [7, 11) is 0. The summed E-state index contributed by atoms with van der Waals surface area (Å²) in [6.07, 6.45) is 6.38. The number of aromatic amines is 1. The molecule has 0 saturated carbocycles. The van der Waals surface area contributed by atoms with Gasteiger partial charge in [0, 0.05) is 18.6 Å². The molecule has 16 heavy (non-hydrogen) atoms. The zero-order valence-corrected chi connectivity index (χ0v) is 9.57. The highest BCUT2D eigenvalue weighted by molar-refractivity contribution is 5.38. The van der Waals surface area contributed by atoms with E-state index < -0.39 is 0 Å². The summed E-state index contributed by atoms with van der Waals surface area (Å²) in [4.78, 5) is 11.7. The predicted molar refractivity (Wildman–Crippen MR) is 64.2 cm³/mol. The summed E-state index contributed by atoms with van der Waals surface area (Å²) in [6.45, 7) is 4.18. The lowest BCUT2D eigenvalue weighted by Gasteiger charge is -2.15. The summed E-state index contributed by atoms with van der Waals surface area (Å²) in [5.74, 6) is 1.84. The smallest absolute Gasteiger partial charge is 0.128 e. The molecule has 2 aromatic rings. The molecule has 2 rings (SSSR count). The lowest BCUT2D eigenvalue weighted by molar-refractivity contribution is 0.700. The topological polar surface area (TPSA) is 53.6 Å². The van der Waals surface area contributed by atoms with E-state index in [2.05, 4.69) is 34.1 Å². The largest absolute Gasteiger partial charge is 0.360 e. The molecule has 1 atom stereocenters. The minimum atomic E-state index is 0.185. The third-order valence-corrected chi connectivity index (χ3v) is 2.50. The van der Waals surface area contributed by atoms with Gasteiger partial charge in [-0.25, -0.2) is 9.97 Å². The zero-order valence-electron chi connectivity index (χ0n) is 9.57. The van der Waals surface area contributed by atoms with Gasteiger partial charge in [-0.05, 0) is 31.0 Å². The molecule has 0 radical (unpaired) electrons. The van der Waals surface area contributed by atoms with Crippen molar-refractivity contribution in [3.63, 3.8) is 0 Å². The lowest BCUT2D eigenvalue weighted by Crippen LogP contribution is -2.12. The fraction of sp³-hybridized carbons (Fsp3) is 0.333. The molecule has 0 amide bonds. The number of H-pyrrole nitrogens is 1. The van der Waals surface area contributed by atoms with Gasteiger partial charge in [0.15, 0.2) is 0 Å². The third kappa shape index (κ3) is 2.39. The van der Waals surface area contributed by atoms with Crippen molar-refractivity contribution in [2.75, 3.05) is 5.32 Å². The number of aryl methyl sites for hydroxylation is 1. The van der Waals surface area contributed by atoms with E-state index in [0.29, 0.717) is 0 Å². The third-order valence-electron chi connectivity index (χ3n) is 2.50. The van der Waals surface area contributed by atoms with Crippen LogP contribution in [0, 0.1) is 6.92 Å². The van der Waals surface area contributed by atoms with Crippen LogP contribution in [0.3, 0.4) is 0 Å². The molecule has 0 spiro atoms. The van der Waals surface area contributed by atoms with E-state index in [1.807, 2.05) is 24.5 Å². The Morgan fingerprint density at radius 1 is 1.38 bits per heavy atom. The number of nitrogens with zero attached hydrogens (tertiary/aromatic N) is 2. The molecule has 0 saturated heterocycles. The molecule has 0 fully saturated rings. The van der Waals surface area contributed by atoms with Crippen molar-refractivity contribution in [3.8, 4) is 0 Å². The quantitative estimate of drug-likeness (QED) is 0.826. The fourth-order valence-corrected chi connectivity index (χ4v) is 1.63. The van der Waals surface area contributed by atoms with Gasteiger partial charge in [-0.3, -0.25) is 0 Å². The number of rotatable bonds is 4. The van der Waals surface area contributed by atoms with Crippen molar-refractivity contribution < 1.29 is 0 Å². The van der Waals surface area contributed by atoms with E-state index in [1.165, 1.54) is 5.56 Å². The van der Waals surface area contributed by atoms with Crippen LogP contribution in [0.4, 0.5) is 5.82 Å². The highest BCUT2D eigenvalue weighted by Gasteiger charge is 2.11. The minimum absolute atomic E-state index is 0.185. The second-order valence-corrected chi connectivity index (χ2v) is 3.80. The first-order valence-corrected chi connectivity index (χ1v) is 5.48. The van der Waals surface area contributed by atoms with Gasteiger partial charge in [-0.15, -0.1) is 0 Å². The Bertz CT molecular complexity index is 436. The van der Waals surface area contributed by atoms with Crippen LogP contribution in [0.2, 0.25) is 0 Å². The van der Waals surface area contributed by atoms with Crippen LogP contribution >= 0.6 is 0 Å². The van der Waals surface area contributed by atoms with Crippen molar-refractivity contribution >= 4 is 5.82 Å². The normalized spacial score (nSPS) is 12.4. The van der Waals surface area contributed by atoms with Crippen LogP contribution in [0.5, 0.6) is 0 Å². The first-order chi connectivity index (χ1) is 7.79. The molecular weight excluding hydrogens is 200 g/mol. The summed E-state index contributed by atoms with van der Waals surface area (Å²) in [5, 5.41) is 3.37. The molecule has 0 aromatic carbocycles. The van der Waals surface area contributed by atoms with Gasteiger partial charge in [0.2, 0.25) is 0 Å². The van der Waals surface area contributed by atoms with E-state index >= 15 is 0 Å². The van der Waals surface area contributed by atoms with Gasteiger partial charge in [0.1, 0.15) is 11.6 Å². The van der Waals surface area contributed by atoms with E-state index in [4.69, 9.17) is 0 Å². The molecule has 0 aliphatic heterocycles. The number of nitrogens with one attached hydrogen (secondary N) is 2. The van der Waals surface area contributed by atoms with Crippen LogP contribution in [-0.4, -0.2) is 15.0 Å². The summed E-state index contributed by atoms with van der Waals surface area (Å²) in [5.41, 5.74) is 1.20. The van der Waals surface area contributed by atoms with E-state index in [0.717, 1.165) is 18.1 Å². The fourth-order valence-electron chi connectivity index (χ4n) is 1.63. The molecule has 2 heterocycles. The average Bonchev–Trinajstić information content (AvgIpc) is 2.79. The van der Waals surface area contributed by atoms with Crippen LogP contribution in [0.15, 0.2) is 30.7 Å². The molecule has 2 N–H and O–H groups in total. The number of anilines is 1. The first kappa shape index (κ1) is 10.7. The van der Waals surface area contributed by atoms with E-state index in [1.54, 1.807) is 6.20 Å². The molecule has 1 unspecified atom stereocenters. The lowest BCUT2D eigenvalue weighted by atomic mass is 10.2. The van der Waals surface area contributed by atoms with Gasteiger partial charge in [-0.1, -0.05) is 6.92 Å². The molecule has 4 heteroatoms. The Morgan fingerprint density at radius 2 is 2.25 bits per heavy atom. The Balaban J connectivity index is 2.13. The van der Waals surface area contributed by atoms with Crippen LogP contribution in [-0.2, 0) is 0 Å². The highest BCUT2D eigenvalue weighted by Crippen LogP contribution is 2.18. The number of hydrogen-bond donors (Lipinski definition) is 2. The first-order valence-electron chi connectivity index (χ1n) is 5.48. The summed E-state index contributed by atoms with van der Waals surface area (Å²) < 4.78 is 0. The maximum Gasteiger partial charge on any atom is 0.128 e. The number of pyridine rings is 1. The van der Waals surface area contributed by atoms with Crippen LogP contribution < -0.4 is 5.32 Å². The summed E-state index contributed by atoms with van der Waals surface area (Å²) >= 11 is 0. The maximum atomic E-state index is 4.28. The maximum absolute atomic E-state index is 4.28. The van der Waals surface area contributed by atoms with Gasteiger partial charge in [0.05, 0.1) is 6.04 Å². The molecule has 0 aliphatic carbocycles. The number of imidazole rings is 1.